The summed E-state index contributed by atoms with van der Waals surface area (Å²) in [5.74, 6) is 0.552. The summed E-state index contributed by atoms with van der Waals surface area (Å²) in [5.41, 5.74) is 4.16. The zero-order valence-electron chi connectivity index (χ0n) is 14.6. The van der Waals surface area contributed by atoms with E-state index < -0.39 is 0 Å². The number of benzene rings is 1. The van der Waals surface area contributed by atoms with Crippen molar-refractivity contribution in [3.8, 4) is 0 Å². The number of hydrogen-bond donors (Lipinski definition) is 1. The van der Waals surface area contributed by atoms with Gasteiger partial charge in [0.25, 0.3) is 0 Å². The highest BCUT2D eigenvalue weighted by Crippen LogP contribution is 2.23. The fourth-order valence-corrected chi connectivity index (χ4v) is 2.97. The van der Waals surface area contributed by atoms with E-state index in [4.69, 9.17) is 4.74 Å². The second-order valence-corrected chi connectivity index (χ2v) is 6.03. The summed E-state index contributed by atoms with van der Waals surface area (Å²) in [6, 6.07) is 8.76. The van der Waals surface area contributed by atoms with Gasteiger partial charge in [-0.05, 0) is 44.0 Å². The molecule has 0 amide bonds. The van der Waals surface area contributed by atoms with Crippen LogP contribution in [0.2, 0.25) is 0 Å². The van der Waals surface area contributed by atoms with E-state index in [1.165, 1.54) is 5.69 Å². The van der Waals surface area contributed by atoms with Crippen molar-refractivity contribution >= 4 is 17.3 Å². The van der Waals surface area contributed by atoms with Crippen LogP contribution >= 0.6 is 0 Å². The van der Waals surface area contributed by atoms with Crippen molar-refractivity contribution in [1.82, 2.24) is 15.2 Å². The molecule has 1 aromatic carbocycles. The Bertz CT molecular complexity index is 674. The topological polar surface area (TPSA) is 63.2 Å². The molecule has 6 nitrogen and oxygen atoms in total. The molecule has 1 aliphatic rings. The Balaban J connectivity index is 1.72. The van der Waals surface area contributed by atoms with Crippen molar-refractivity contribution in [2.75, 3.05) is 30.0 Å². The third-order valence-corrected chi connectivity index (χ3v) is 4.33. The monoisotopic (exact) mass is 327 g/mol. The Morgan fingerprint density at radius 1 is 1.12 bits per heavy atom. The van der Waals surface area contributed by atoms with E-state index in [0.29, 0.717) is 12.0 Å². The van der Waals surface area contributed by atoms with E-state index in [9.17, 15) is 0 Å². The molecule has 3 rings (SSSR count). The first-order chi connectivity index (χ1) is 11.7. The standard InChI is InChI=1S/C18H25N5O/c1-4-16-17(5-2)21-22-18(20-16)19-14-6-8-15(9-7-14)23-10-11-24-12-13(23)3/h6-9,13H,4-5,10-12H2,1-3H3,(H,19,20,22). The highest BCUT2D eigenvalue weighted by atomic mass is 16.5. The lowest BCUT2D eigenvalue weighted by Crippen LogP contribution is -2.43. The average Bonchev–Trinajstić information content (AvgIpc) is 2.63. The summed E-state index contributed by atoms with van der Waals surface area (Å²) in [4.78, 5) is 6.94. The Hall–Kier alpha value is -2.21. The summed E-state index contributed by atoms with van der Waals surface area (Å²) >= 11 is 0. The van der Waals surface area contributed by atoms with Crippen molar-refractivity contribution in [2.45, 2.75) is 39.7 Å². The minimum absolute atomic E-state index is 0.402. The summed E-state index contributed by atoms with van der Waals surface area (Å²) in [5, 5.41) is 11.7. The number of nitrogens with zero attached hydrogens (tertiary/aromatic N) is 4. The molecule has 128 valence electrons. The van der Waals surface area contributed by atoms with Gasteiger partial charge in [0.2, 0.25) is 5.95 Å². The second kappa shape index (κ2) is 7.57. The van der Waals surface area contributed by atoms with Gasteiger partial charge < -0.3 is 15.0 Å². The van der Waals surface area contributed by atoms with Crippen molar-refractivity contribution in [1.29, 1.82) is 0 Å². The van der Waals surface area contributed by atoms with Gasteiger partial charge in [-0.25, -0.2) is 4.98 Å². The normalized spacial score (nSPS) is 17.8. The average molecular weight is 327 g/mol. The summed E-state index contributed by atoms with van der Waals surface area (Å²) in [6.07, 6.45) is 1.72. The van der Waals surface area contributed by atoms with Crippen LogP contribution in [0.5, 0.6) is 0 Å². The van der Waals surface area contributed by atoms with Crippen molar-refractivity contribution in [3.05, 3.63) is 35.7 Å². The molecule has 0 spiro atoms. The minimum Gasteiger partial charge on any atom is -0.377 e. The number of nitrogens with one attached hydrogen (secondary N) is 1. The molecule has 0 aliphatic carbocycles. The molecule has 1 N–H and O–H groups in total. The number of hydrogen-bond acceptors (Lipinski definition) is 6. The molecule has 0 saturated carbocycles. The van der Waals surface area contributed by atoms with Crippen molar-refractivity contribution in [2.24, 2.45) is 0 Å². The van der Waals surface area contributed by atoms with E-state index in [0.717, 1.165) is 49.7 Å². The third-order valence-electron chi connectivity index (χ3n) is 4.33. The van der Waals surface area contributed by atoms with Gasteiger partial charge in [0.05, 0.1) is 24.6 Å². The Morgan fingerprint density at radius 3 is 2.54 bits per heavy atom. The predicted molar refractivity (Wildman–Crippen MR) is 95.9 cm³/mol. The number of morpholine rings is 1. The first kappa shape index (κ1) is 16.6. The number of anilines is 3. The Morgan fingerprint density at radius 2 is 1.88 bits per heavy atom. The first-order valence-electron chi connectivity index (χ1n) is 8.65. The van der Waals surface area contributed by atoms with Gasteiger partial charge in [0, 0.05) is 24.0 Å². The van der Waals surface area contributed by atoms with E-state index in [-0.39, 0.29) is 0 Å². The molecule has 1 saturated heterocycles. The van der Waals surface area contributed by atoms with E-state index in [1.54, 1.807) is 0 Å². The molecule has 1 aliphatic heterocycles. The second-order valence-electron chi connectivity index (χ2n) is 6.03. The molecule has 1 fully saturated rings. The van der Waals surface area contributed by atoms with Gasteiger partial charge in [-0.1, -0.05) is 13.8 Å². The molecule has 1 atom stereocenters. The van der Waals surface area contributed by atoms with Crippen LogP contribution in [0.15, 0.2) is 24.3 Å². The van der Waals surface area contributed by atoms with Crippen LogP contribution in [0.1, 0.15) is 32.2 Å². The number of rotatable bonds is 5. The molecule has 1 unspecified atom stereocenters. The van der Waals surface area contributed by atoms with E-state index >= 15 is 0 Å². The van der Waals surface area contributed by atoms with Gasteiger partial charge >= 0.3 is 0 Å². The molecule has 2 aromatic rings. The molecular weight excluding hydrogens is 302 g/mol. The van der Waals surface area contributed by atoms with Crippen molar-refractivity contribution < 1.29 is 4.74 Å². The van der Waals surface area contributed by atoms with Crippen molar-refractivity contribution in [3.63, 3.8) is 0 Å². The maximum atomic E-state index is 5.50. The zero-order chi connectivity index (χ0) is 16.9. The fourth-order valence-electron chi connectivity index (χ4n) is 2.97. The van der Waals surface area contributed by atoms with Gasteiger partial charge in [0.1, 0.15) is 0 Å². The first-order valence-corrected chi connectivity index (χ1v) is 8.65. The lowest BCUT2D eigenvalue weighted by molar-refractivity contribution is 0.0989. The zero-order valence-corrected chi connectivity index (χ0v) is 14.6. The molecule has 0 radical (unpaired) electrons. The van der Waals surface area contributed by atoms with Gasteiger partial charge in [-0.3, -0.25) is 0 Å². The third kappa shape index (κ3) is 3.64. The molecule has 24 heavy (non-hydrogen) atoms. The smallest absolute Gasteiger partial charge is 0.247 e. The predicted octanol–water partition coefficient (Wildman–Crippen LogP) is 2.97. The largest absolute Gasteiger partial charge is 0.377 e. The molecule has 6 heteroatoms. The van der Waals surface area contributed by atoms with Crippen LogP contribution in [0, 0.1) is 0 Å². The van der Waals surface area contributed by atoms with Gasteiger partial charge in [-0.2, -0.15) is 0 Å². The molecule has 0 bridgehead atoms. The summed E-state index contributed by atoms with van der Waals surface area (Å²) in [7, 11) is 0. The van der Waals surface area contributed by atoms with Crippen LogP contribution in [0.3, 0.4) is 0 Å². The van der Waals surface area contributed by atoms with Crippen LogP contribution in [0.25, 0.3) is 0 Å². The quantitative estimate of drug-likeness (QED) is 0.911. The Labute approximate surface area is 143 Å². The lowest BCUT2D eigenvalue weighted by atomic mass is 10.2. The number of ether oxygens (including phenoxy) is 1. The van der Waals surface area contributed by atoms with Crippen LogP contribution < -0.4 is 10.2 Å². The Kier molecular flexibility index (Phi) is 5.25. The van der Waals surface area contributed by atoms with Gasteiger partial charge in [-0.15, -0.1) is 10.2 Å². The maximum Gasteiger partial charge on any atom is 0.247 e. The van der Waals surface area contributed by atoms with Crippen LogP contribution in [-0.2, 0) is 17.6 Å². The summed E-state index contributed by atoms with van der Waals surface area (Å²) < 4.78 is 5.50. The highest BCUT2D eigenvalue weighted by molar-refractivity contribution is 5.59. The highest BCUT2D eigenvalue weighted by Gasteiger charge is 2.18. The van der Waals surface area contributed by atoms with Crippen LogP contribution in [-0.4, -0.2) is 41.0 Å². The van der Waals surface area contributed by atoms with Crippen LogP contribution in [0.4, 0.5) is 17.3 Å². The van der Waals surface area contributed by atoms with Gasteiger partial charge in [0.15, 0.2) is 0 Å². The lowest BCUT2D eigenvalue weighted by Gasteiger charge is -2.35. The fraction of sp³-hybridized carbons (Fsp3) is 0.500. The molecule has 2 heterocycles. The SMILES string of the molecule is CCc1nnc(Nc2ccc(N3CCOCC3C)cc2)nc1CC. The molecular formula is C18H25N5O. The maximum absolute atomic E-state index is 5.50. The van der Waals surface area contributed by atoms with E-state index in [2.05, 4.69) is 70.4 Å². The number of aromatic nitrogens is 3. The van der Waals surface area contributed by atoms with E-state index in [1.807, 2.05) is 0 Å². The summed E-state index contributed by atoms with van der Waals surface area (Å²) in [6.45, 7) is 8.84. The molecule has 1 aromatic heterocycles. The minimum atomic E-state index is 0.402. The number of aryl methyl sites for hydroxylation is 2.